The van der Waals surface area contributed by atoms with Gasteiger partial charge in [-0.05, 0) is 17.5 Å². The van der Waals surface area contributed by atoms with Gasteiger partial charge in [0.1, 0.15) is 6.04 Å². The van der Waals surface area contributed by atoms with Crippen LogP contribution >= 0.6 is 0 Å². The van der Waals surface area contributed by atoms with Gasteiger partial charge in [-0.25, -0.2) is 0 Å². The number of rotatable bonds is 5. The van der Waals surface area contributed by atoms with E-state index in [1.165, 1.54) is 10.9 Å². The highest BCUT2D eigenvalue weighted by atomic mass is 16.3. The van der Waals surface area contributed by atoms with Gasteiger partial charge in [0.2, 0.25) is 5.91 Å². The number of fused-ring (bicyclic) bond motifs is 1. The van der Waals surface area contributed by atoms with E-state index >= 15 is 0 Å². The van der Waals surface area contributed by atoms with E-state index < -0.39 is 6.04 Å². The molecule has 2 amide bonds. The number of aromatic nitrogens is 2. The number of benzene rings is 1. The molecule has 2 heterocycles. The summed E-state index contributed by atoms with van der Waals surface area (Å²) in [5.41, 5.74) is 2.07. The Kier molecular flexibility index (Phi) is 5.37. The van der Waals surface area contributed by atoms with Gasteiger partial charge < -0.3 is 15.3 Å². The van der Waals surface area contributed by atoms with Crippen LogP contribution in [0.2, 0.25) is 0 Å². The zero-order valence-electron chi connectivity index (χ0n) is 15.1. The Labute approximate surface area is 152 Å². The van der Waals surface area contributed by atoms with Gasteiger partial charge >= 0.3 is 0 Å². The second-order valence-electron chi connectivity index (χ2n) is 6.63. The zero-order valence-corrected chi connectivity index (χ0v) is 15.1. The van der Waals surface area contributed by atoms with E-state index in [0.29, 0.717) is 18.7 Å². The highest BCUT2D eigenvalue weighted by Gasteiger charge is 2.37. The smallest absolute Gasteiger partial charge is 0.258 e. The fourth-order valence-electron chi connectivity index (χ4n) is 3.26. The lowest BCUT2D eigenvalue weighted by Gasteiger charge is -2.32. The van der Waals surface area contributed by atoms with Crippen LogP contribution < -0.4 is 5.32 Å². The summed E-state index contributed by atoms with van der Waals surface area (Å²) in [7, 11) is 0. The second kappa shape index (κ2) is 7.70. The first-order valence-corrected chi connectivity index (χ1v) is 8.88. The second-order valence-corrected chi connectivity index (χ2v) is 6.63. The first-order chi connectivity index (χ1) is 12.5. The van der Waals surface area contributed by atoms with Crippen molar-refractivity contribution in [2.24, 2.45) is 5.92 Å². The average Bonchev–Trinajstić information content (AvgIpc) is 3.04. The number of carbonyl (C=O) groups excluding carboxylic acids is 2. The van der Waals surface area contributed by atoms with Crippen LogP contribution in [0.25, 0.3) is 0 Å². The van der Waals surface area contributed by atoms with Crippen molar-refractivity contribution in [3.63, 3.8) is 0 Å². The third-order valence-corrected chi connectivity index (χ3v) is 4.87. The third kappa shape index (κ3) is 3.48. The van der Waals surface area contributed by atoms with E-state index in [2.05, 4.69) is 10.4 Å². The number of carbonyl (C=O) groups is 2. The van der Waals surface area contributed by atoms with Crippen LogP contribution in [0.3, 0.4) is 0 Å². The standard InChI is InChI=1S/C19H24N4O3/c1-3-13(2)17-18(25)21-16-7-5-4-6-14(16)12-23(17)19(26)15-10-20-22(11-15)8-9-24/h4-7,10-11,13,17,24H,3,8-9,12H2,1-2H3,(H,21,25). The quantitative estimate of drug-likeness (QED) is 0.856. The molecule has 0 aliphatic carbocycles. The molecule has 7 nitrogen and oxygen atoms in total. The molecule has 7 heteroatoms. The molecule has 26 heavy (non-hydrogen) atoms. The first kappa shape index (κ1) is 18.1. The number of para-hydroxylation sites is 1. The molecule has 138 valence electrons. The fraction of sp³-hybridized carbons (Fsp3) is 0.421. The Balaban J connectivity index is 1.98. The van der Waals surface area contributed by atoms with Crippen molar-refractivity contribution in [1.29, 1.82) is 0 Å². The minimum atomic E-state index is -0.555. The molecule has 0 radical (unpaired) electrons. The van der Waals surface area contributed by atoms with Crippen molar-refractivity contribution < 1.29 is 14.7 Å². The number of hydrogen-bond acceptors (Lipinski definition) is 4. The molecule has 0 saturated carbocycles. The van der Waals surface area contributed by atoms with Crippen molar-refractivity contribution in [2.75, 3.05) is 11.9 Å². The Bertz CT molecular complexity index is 802. The van der Waals surface area contributed by atoms with Crippen LogP contribution in [0.4, 0.5) is 5.69 Å². The molecule has 2 N–H and O–H groups in total. The lowest BCUT2D eigenvalue weighted by atomic mass is 9.96. The van der Waals surface area contributed by atoms with Crippen molar-refractivity contribution in [3.05, 3.63) is 47.8 Å². The summed E-state index contributed by atoms with van der Waals surface area (Å²) < 4.78 is 1.53. The molecule has 0 saturated heterocycles. The van der Waals surface area contributed by atoms with E-state index in [-0.39, 0.29) is 24.3 Å². The molecule has 2 unspecified atom stereocenters. The molecule has 2 atom stereocenters. The third-order valence-electron chi connectivity index (χ3n) is 4.87. The number of amides is 2. The van der Waals surface area contributed by atoms with Gasteiger partial charge in [-0.1, -0.05) is 38.5 Å². The Morgan fingerprint density at radius 1 is 1.42 bits per heavy atom. The van der Waals surface area contributed by atoms with Gasteiger partial charge in [0.05, 0.1) is 24.9 Å². The maximum atomic E-state index is 13.2. The van der Waals surface area contributed by atoms with Gasteiger partial charge in [0, 0.05) is 18.4 Å². The van der Waals surface area contributed by atoms with E-state index in [1.54, 1.807) is 11.1 Å². The molecule has 1 aromatic carbocycles. The number of nitrogens with zero attached hydrogens (tertiary/aromatic N) is 3. The molecule has 2 aromatic rings. The maximum absolute atomic E-state index is 13.2. The summed E-state index contributed by atoms with van der Waals surface area (Å²) in [5.74, 6) is -0.382. The van der Waals surface area contributed by atoms with E-state index in [1.807, 2.05) is 38.1 Å². The summed E-state index contributed by atoms with van der Waals surface area (Å²) in [6.07, 6.45) is 3.88. The van der Waals surface area contributed by atoms with Crippen LogP contribution in [0.15, 0.2) is 36.7 Å². The number of aliphatic hydroxyl groups excluding tert-OH is 1. The first-order valence-electron chi connectivity index (χ1n) is 8.88. The average molecular weight is 356 g/mol. The largest absolute Gasteiger partial charge is 0.394 e. The highest BCUT2D eigenvalue weighted by Crippen LogP contribution is 2.28. The van der Waals surface area contributed by atoms with Gasteiger partial charge in [0.25, 0.3) is 5.91 Å². The molecule has 0 bridgehead atoms. The Hall–Kier alpha value is -2.67. The van der Waals surface area contributed by atoms with Crippen molar-refractivity contribution in [1.82, 2.24) is 14.7 Å². The van der Waals surface area contributed by atoms with Gasteiger partial charge in [-0.15, -0.1) is 0 Å². The van der Waals surface area contributed by atoms with Gasteiger partial charge in [-0.2, -0.15) is 5.10 Å². The van der Waals surface area contributed by atoms with Crippen molar-refractivity contribution >= 4 is 17.5 Å². The number of nitrogens with one attached hydrogen (secondary N) is 1. The Morgan fingerprint density at radius 2 is 2.19 bits per heavy atom. The summed E-state index contributed by atoms with van der Waals surface area (Å²) in [6.45, 7) is 4.62. The molecular formula is C19H24N4O3. The maximum Gasteiger partial charge on any atom is 0.258 e. The molecule has 0 fully saturated rings. The van der Waals surface area contributed by atoms with Crippen LogP contribution in [0.1, 0.15) is 36.2 Å². The number of aliphatic hydroxyl groups is 1. The SMILES string of the molecule is CCC(C)C1C(=O)Nc2ccccc2CN1C(=O)c1cnn(CCO)c1. The molecule has 1 aliphatic rings. The van der Waals surface area contributed by atoms with E-state index in [0.717, 1.165) is 17.7 Å². The molecular weight excluding hydrogens is 332 g/mol. The van der Waals surface area contributed by atoms with Crippen molar-refractivity contribution in [2.45, 2.75) is 39.4 Å². The summed E-state index contributed by atoms with van der Waals surface area (Å²) >= 11 is 0. The minimum Gasteiger partial charge on any atom is -0.394 e. The van der Waals surface area contributed by atoms with Crippen LogP contribution in [-0.2, 0) is 17.9 Å². The minimum absolute atomic E-state index is 0.0146. The monoisotopic (exact) mass is 356 g/mol. The number of hydrogen-bond donors (Lipinski definition) is 2. The Morgan fingerprint density at radius 3 is 2.92 bits per heavy atom. The predicted molar refractivity (Wildman–Crippen MR) is 97.5 cm³/mol. The van der Waals surface area contributed by atoms with E-state index in [4.69, 9.17) is 5.11 Å². The highest BCUT2D eigenvalue weighted by molar-refractivity contribution is 6.02. The predicted octanol–water partition coefficient (Wildman–Crippen LogP) is 1.88. The number of anilines is 1. The molecule has 1 aliphatic heterocycles. The van der Waals surface area contributed by atoms with Crippen LogP contribution in [0, 0.1) is 5.92 Å². The molecule has 1 aromatic heterocycles. The van der Waals surface area contributed by atoms with Gasteiger partial charge in [0.15, 0.2) is 0 Å². The lowest BCUT2D eigenvalue weighted by molar-refractivity contribution is -0.122. The van der Waals surface area contributed by atoms with E-state index in [9.17, 15) is 9.59 Å². The van der Waals surface area contributed by atoms with Crippen molar-refractivity contribution in [3.8, 4) is 0 Å². The fourth-order valence-corrected chi connectivity index (χ4v) is 3.26. The molecule has 0 spiro atoms. The summed E-state index contributed by atoms with van der Waals surface area (Å²) in [4.78, 5) is 27.7. The van der Waals surface area contributed by atoms with Crippen LogP contribution in [-0.4, -0.2) is 44.3 Å². The van der Waals surface area contributed by atoms with Gasteiger partial charge in [-0.3, -0.25) is 14.3 Å². The normalized spacial score (nSPS) is 18.0. The van der Waals surface area contributed by atoms with Crippen LogP contribution in [0.5, 0.6) is 0 Å². The topological polar surface area (TPSA) is 87.5 Å². The summed E-state index contributed by atoms with van der Waals surface area (Å²) in [6, 6.07) is 6.99. The molecule has 3 rings (SSSR count). The summed E-state index contributed by atoms with van der Waals surface area (Å²) in [5, 5.41) is 16.1. The zero-order chi connectivity index (χ0) is 18.7. The lowest BCUT2D eigenvalue weighted by Crippen LogP contribution is -2.48.